The summed E-state index contributed by atoms with van der Waals surface area (Å²) in [5, 5.41) is 3.33. The number of nitrogens with one attached hydrogen (secondary N) is 1. The van der Waals surface area contributed by atoms with Crippen molar-refractivity contribution in [3.05, 3.63) is 23.2 Å². The van der Waals surface area contributed by atoms with Crippen LogP contribution in [0.5, 0.6) is 5.75 Å². The van der Waals surface area contributed by atoms with E-state index in [0.717, 1.165) is 19.4 Å². The number of rotatable bonds is 6. The summed E-state index contributed by atoms with van der Waals surface area (Å²) in [5.74, 6) is 0.0437. The molecule has 1 aliphatic rings. The molecule has 1 heterocycles. The molecule has 132 valence electrons. The maximum Gasteiger partial charge on any atom is 0.310 e. The highest BCUT2D eigenvalue weighted by Gasteiger charge is 2.27. The van der Waals surface area contributed by atoms with Crippen molar-refractivity contribution in [3.63, 3.8) is 0 Å². The Morgan fingerprint density at radius 1 is 1.42 bits per heavy atom. The molecule has 0 aromatic heterocycles. The second-order valence-corrected chi connectivity index (χ2v) is 6.16. The summed E-state index contributed by atoms with van der Waals surface area (Å²) >= 11 is 5.96. The molecule has 0 unspecified atom stereocenters. The molecule has 1 fully saturated rings. The molecule has 1 saturated heterocycles. The van der Waals surface area contributed by atoms with E-state index in [1.54, 1.807) is 25.1 Å². The van der Waals surface area contributed by atoms with E-state index >= 15 is 0 Å². The molecule has 6 nitrogen and oxygen atoms in total. The number of esters is 1. The van der Waals surface area contributed by atoms with E-state index in [4.69, 9.17) is 21.1 Å². The lowest BCUT2D eigenvalue weighted by Crippen LogP contribution is -2.43. The number of hydrogen-bond acceptors (Lipinski definition) is 5. The zero-order chi connectivity index (χ0) is 17.5. The monoisotopic (exact) mass is 354 g/mol. The van der Waals surface area contributed by atoms with Crippen molar-refractivity contribution in [2.45, 2.75) is 19.8 Å². The lowest BCUT2D eigenvalue weighted by Gasteiger charge is -2.30. The first-order valence-corrected chi connectivity index (χ1v) is 8.43. The molecule has 2 rings (SSSR count). The molecule has 1 aromatic carbocycles. The molecule has 0 saturated carbocycles. The van der Waals surface area contributed by atoms with Crippen molar-refractivity contribution in [1.29, 1.82) is 0 Å². The minimum Gasteiger partial charge on any atom is -0.495 e. The summed E-state index contributed by atoms with van der Waals surface area (Å²) in [6.45, 7) is 3.72. The number of benzene rings is 1. The van der Waals surface area contributed by atoms with E-state index in [1.165, 1.54) is 7.11 Å². The van der Waals surface area contributed by atoms with Gasteiger partial charge in [-0.25, -0.2) is 0 Å². The highest BCUT2D eigenvalue weighted by molar-refractivity contribution is 6.31. The van der Waals surface area contributed by atoms with E-state index in [-0.39, 0.29) is 24.3 Å². The molecule has 1 N–H and O–H groups in total. The van der Waals surface area contributed by atoms with Crippen molar-refractivity contribution < 1.29 is 19.1 Å². The fourth-order valence-corrected chi connectivity index (χ4v) is 2.99. The second kappa shape index (κ2) is 8.89. The van der Waals surface area contributed by atoms with E-state index in [0.29, 0.717) is 29.6 Å². The maximum absolute atomic E-state index is 12.3. The highest BCUT2D eigenvalue weighted by Crippen LogP contribution is 2.27. The number of piperidine rings is 1. The lowest BCUT2D eigenvalue weighted by atomic mass is 9.98. The molecule has 0 radical (unpaired) electrons. The first kappa shape index (κ1) is 18.5. The van der Waals surface area contributed by atoms with Gasteiger partial charge in [-0.2, -0.15) is 0 Å². The minimum atomic E-state index is -0.181. The van der Waals surface area contributed by atoms with E-state index in [2.05, 4.69) is 5.32 Å². The van der Waals surface area contributed by atoms with Gasteiger partial charge in [-0.15, -0.1) is 0 Å². The van der Waals surface area contributed by atoms with Gasteiger partial charge >= 0.3 is 5.97 Å². The van der Waals surface area contributed by atoms with Crippen LogP contribution >= 0.6 is 11.6 Å². The molecule has 0 aliphatic carbocycles. The fraction of sp³-hybridized carbons (Fsp3) is 0.529. The summed E-state index contributed by atoms with van der Waals surface area (Å²) in [7, 11) is 1.54. The van der Waals surface area contributed by atoms with Crippen LogP contribution in [0.3, 0.4) is 0 Å². The summed E-state index contributed by atoms with van der Waals surface area (Å²) in [4.78, 5) is 26.1. The van der Waals surface area contributed by atoms with Crippen LogP contribution in [-0.4, -0.2) is 50.1 Å². The normalized spacial score (nSPS) is 18.0. The van der Waals surface area contributed by atoms with Crippen molar-refractivity contribution >= 4 is 29.2 Å². The molecular formula is C17H23ClN2O4. The number of likely N-dealkylation sites (tertiary alicyclic amines) is 1. The van der Waals surface area contributed by atoms with Gasteiger partial charge in [0, 0.05) is 11.6 Å². The third kappa shape index (κ3) is 5.11. The quantitative estimate of drug-likeness (QED) is 0.795. The number of nitrogens with zero attached hydrogens (tertiary/aromatic N) is 1. The van der Waals surface area contributed by atoms with Crippen LogP contribution in [0.25, 0.3) is 0 Å². The van der Waals surface area contributed by atoms with E-state index in [1.807, 2.05) is 4.90 Å². The Hall–Kier alpha value is -1.79. The number of amides is 1. The molecule has 0 spiro atoms. The average Bonchev–Trinajstić information content (AvgIpc) is 2.55. The third-order valence-electron chi connectivity index (χ3n) is 3.93. The van der Waals surface area contributed by atoms with Gasteiger partial charge < -0.3 is 14.8 Å². The van der Waals surface area contributed by atoms with Crippen LogP contribution < -0.4 is 10.1 Å². The standard InChI is InChI=1S/C17H23ClN2O4/c1-3-24-17(22)12-5-4-8-20(10-12)11-16(21)19-14-9-13(18)6-7-15(14)23-2/h6-7,9,12H,3-5,8,10-11H2,1-2H3,(H,19,21)/t12-/m1/s1. The third-order valence-corrected chi connectivity index (χ3v) is 4.16. The molecule has 0 bridgehead atoms. The predicted molar refractivity (Wildman–Crippen MR) is 92.4 cm³/mol. The zero-order valence-electron chi connectivity index (χ0n) is 14.0. The van der Waals surface area contributed by atoms with Crippen LogP contribution in [0.2, 0.25) is 5.02 Å². The number of ether oxygens (including phenoxy) is 2. The Kier molecular flexibility index (Phi) is 6.87. The Bertz CT molecular complexity index is 594. The van der Waals surface area contributed by atoms with Gasteiger partial charge in [0.2, 0.25) is 5.91 Å². The molecular weight excluding hydrogens is 332 g/mol. The molecule has 7 heteroatoms. The number of carbonyl (C=O) groups is 2. The molecule has 1 atom stereocenters. The molecule has 24 heavy (non-hydrogen) atoms. The molecule has 1 aromatic rings. The Morgan fingerprint density at radius 2 is 2.21 bits per heavy atom. The molecule has 1 amide bonds. The van der Waals surface area contributed by atoms with Crippen molar-refractivity contribution in [1.82, 2.24) is 4.90 Å². The summed E-state index contributed by atoms with van der Waals surface area (Å²) in [6, 6.07) is 5.05. The van der Waals surface area contributed by atoms with Crippen molar-refractivity contribution in [3.8, 4) is 5.75 Å². The predicted octanol–water partition coefficient (Wildman–Crippen LogP) is 2.56. The summed E-state index contributed by atoms with van der Waals surface area (Å²) in [6.07, 6.45) is 1.68. The summed E-state index contributed by atoms with van der Waals surface area (Å²) < 4.78 is 10.3. The Labute approximate surface area is 147 Å². The van der Waals surface area contributed by atoms with Crippen LogP contribution in [0.15, 0.2) is 18.2 Å². The SMILES string of the molecule is CCOC(=O)[C@@H]1CCCN(CC(=O)Nc2cc(Cl)ccc2OC)C1. The number of hydrogen-bond donors (Lipinski definition) is 1. The topological polar surface area (TPSA) is 67.9 Å². The van der Waals surface area contributed by atoms with Gasteiger partial charge in [0.15, 0.2) is 0 Å². The van der Waals surface area contributed by atoms with Gasteiger partial charge in [0.05, 0.1) is 31.9 Å². The average molecular weight is 355 g/mol. The number of methoxy groups -OCH3 is 1. The minimum absolute atomic E-state index is 0.160. The Balaban J connectivity index is 1.92. The van der Waals surface area contributed by atoms with Crippen LogP contribution in [0.4, 0.5) is 5.69 Å². The van der Waals surface area contributed by atoms with Crippen molar-refractivity contribution in [2.75, 3.05) is 38.7 Å². The van der Waals surface area contributed by atoms with Gasteiger partial charge in [0.1, 0.15) is 5.75 Å². The van der Waals surface area contributed by atoms with Crippen molar-refractivity contribution in [2.24, 2.45) is 5.92 Å². The second-order valence-electron chi connectivity index (χ2n) is 5.72. The van der Waals surface area contributed by atoms with E-state index < -0.39 is 0 Å². The number of carbonyl (C=O) groups excluding carboxylic acids is 2. The fourth-order valence-electron chi connectivity index (χ4n) is 2.82. The van der Waals surface area contributed by atoms with Gasteiger partial charge in [-0.1, -0.05) is 11.6 Å². The lowest BCUT2D eigenvalue weighted by molar-refractivity contribution is -0.150. The van der Waals surface area contributed by atoms with Gasteiger partial charge in [-0.3, -0.25) is 14.5 Å². The van der Waals surface area contributed by atoms with Gasteiger partial charge in [-0.05, 0) is 44.5 Å². The Morgan fingerprint density at radius 3 is 2.92 bits per heavy atom. The smallest absolute Gasteiger partial charge is 0.310 e. The zero-order valence-corrected chi connectivity index (χ0v) is 14.8. The van der Waals surface area contributed by atoms with Crippen LogP contribution in [-0.2, 0) is 14.3 Å². The summed E-state index contributed by atoms with van der Waals surface area (Å²) in [5.41, 5.74) is 0.536. The first-order valence-electron chi connectivity index (χ1n) is 8.05. The number of anilines is 1. The van der Waals surface area contributed by atoms with Crippen LogP contribution in [0, 0.1) is 5.92 Å². The highest BCUT2D eigenvalue weighted by atomic mass is 35.5. The maximum atomic E-state index is 12.3. The largest absolute Gasteiger partial charge is 0.495 e. The van der Waals surface area contributed by atoms with E-state index in [9.17, 15) is 9.59 Å². The van der Waals surface area contributed by atoms with Gasteiger partial charge in [0.25, 0.3) is 0 Å². The number of halogens is 1. The first-order chi connectivity index (χ1) is 11.5. The molecule has 1 aliphatic heterocycles. The van der Waals surface area contributed by atoms with Crippen LogP contribution in [0.1, 0.15) is 19.8 Å².